The highest BCUT2D eigenvalue weighted by Gasteiger charge is 2.85. The van der Waals surface area contributed by atoms with Crippen molar-refractivity contribution in [3.63, 3.8) is 0 Å². The lowest BCUT2D eigenvalue weighted by Gasteiger charge is -2.60. The molecule has 0 aromatic carbocycles. The van der Waals surface area contributed by atoms with Gasteiger partial charge in [-0.1, -0.05) is 46.3 Å². The summed E-state index contributed by atoms with van der Waals surface area (Å²) in [6.07, 6.45) is -2.53. The molecule has 6 N–H and O–H groups in total. The van der Waals surface area contributed by atoms with Crippen molar-refractivity contribution in [2.45, 2.75) is 167 Å². The van der Waals surface area contributed by atoms with Gasteiger partial charge in [0.2, 0.25) is 0 Å². The third kappa shape index (κ3) is 5.44. The van der Waals surface area contributed by atoms with Crippen LogP contribution in [0.4, 0.5) is 0 Å². The predicted molar refractivity (Wildman–Crippen MR) is 188 cm³/mol. The zero-order chi connectivity index (χ0) is 39.8. The molecular weight excluding hydrogens is 704 g/mol. The molecule has 0 aromatic heterocycles. The molecule has 2 heterocycles. The van der Waals surface area contributed by atoms with Gasteiger partial charge in [0.15, 0.2) is 24.3 Å². The van der Waals surface area contributed by atoms with Gasteiger partial charge in [-0.2, -0.15) is 0 Å². The lowest BCUT2D eigenvalue weighted by atomic mass is 9.44. The molecular formula is C40H60O14. The van der Waals surface area contributed by atoms with Crippen LogP contribution in [0, 0.1) is 44.8 Å². The number of aliphatic hydroxyl groups is 5. The molecule has 2 aliphatic heterocycles. The van der Waals surface area contributed by atoms with Crippen molar-refractivity contribution in [1.82, 2.24) is 0 Å². The Bertz CT molecular complexity index is 1590. The molecule has 1 unspecified atom stereocenters. The molecule has 4 saturated carbocycles. The summed E-state index contributed by atoms with van der Waals surface area (Å²) in [6, 6.07) is 0. The van der Waals surface area contributed by atoms with Gasteiger partial charge in [0, 0.05) is 18.3 Å². The maximum absolute atomic E-state index is 12.6. The van der Waals surface area contributed by atoms with E-state index in [0.717, 1.165) is 25.7 Å². The van der Waals surface area contributed by atoms with Gasteiger partial charge in [-0.05, 0) is 92.3 Å². The van der Waals surface area contributed by atoms with E-state index in [-0.39, 0.29) is 35.4 Å². The van der Waals surface area contributed by atoms with E-state index in [1.165, 1.54) is 12.5 Å². The number of carbonyl (C=O) groups is 3. The van der Waals surface area contributed by atoms with E-state index in [1.54, 1.807) is 13.8 Å². The maximum Gasteiger partial charge on any atom is 0.317 e. The molecule has 0 amide bonds. The van der Waals surface area contributed by atoms with Crippen molar-refractivity contribution < 1.29 is 68.7 Å². The van der Waals surface area contributed by atoms with Gasteiger partial charge >= 0.3 is 17.9 Å². The number of carboxylic acid groups (broad SMARTS) is 1. The average Bonchev–Trinajstić information content (AvgIpc) is 3.69. The van der Waals surface area contributed by atoms with Gasteiger partial charge < -0.3 is 54.3 Å². The summed E-state index contributed by atoms with van der Waals surface area (Å²) in [5, 5.41) is 66.3. The highest BCUT2D eigenvalue weighted by Crippen LogP contribution is 2.88. The van der Waals surface area contributed by atoms with Gasteiger partial charge in [0.25, 0.3) is 0 Å². The standard InChI is InChI=1S/C40H60O14/c1-19-15-22(31(35(5,6)48)51-20(2)41)54-40(49)30(19)36(7)13-14-39-18-38(39)12-11-25(34(3,4)23(38)9-10-24(39)37(36,8)33(40)47)52-32-29(28(46)21(42)17-50-32)53-27(45)16-26(43)44/h10,19,21-23,25,28-33,42,46-49H,9,11-18H2,1-8H3,(H,43,44)/t19-,21-,22-,23?,25+,28+,29-,30-,31-,32+,33-,36-,37-,38-,39+,40-/m1/s1. The summed E-state index contributed by atoms with van der Waals surface area (Å²) in [6.45, 7) is 14.7. The number of aliphatic carboxylic acids is 1. The second-order valence-corrected chi connectivity index (χ2v) is 19.4. The van der Waals surface area contributed by atoms with Crippen LogP contribution in [0.2, 0.25) is 0 Å². The molecule has 6 fully saturated rings. The fourth-order valence-electron chi connectivity index (χ4n) is 13.4. The number of esters is 2. The molecule has 0 bridgehead atoms. The van der Waals surface area contributed by atoms with Crippen molar-refractivity contribution in [3.8, 4) is 0 Å². The van der Waals surface area contributed by atoms with E-state index < -0.39 is 101 Å². The molecule has 5 aliphatic carbocycles. The Morgan fingerprint density at radius 2 is 1.76 bits per heavy atom. The minimum atomic E-state index is -1.95. The molecule has 54 heavy (non-hydrogen) atoms. The topological polar surface area (TPSA) is 219 Å². The summed E-state index contributed by atoms with van der Waals surface area (Å²) < 4.78 is 29.7. The van der Waals surface area contributed by atoms with E-state index in [0.29, 0.717) is 19.3 Å². The summed E-state index contributed by atoms with van der Waals surface area (Å²) in [5.74, 6) is -5.37. The number of fused-ring (bicyclic) bond motifs is 4. The number of hydrogen-bond acceptors (Lipinski definition) is 13. The molecule has 14 heteroatoms. The number of carbonyl (C=O) groups excluding carboxylic acids is 2. The quantitative estimate of drug-likeness (QED) is 0.119. The van der Waals surface area contributed by atoms with Crippen LogP contribution in [0.5, 0.6) is 0 Å². The highest BCUT2D eigenvalue weighted by atomic mass is 16.7. The van der Waals surface area contributed by atoms with Crippen LogP contribution in [-0.2, 0) is 38.1 Å². The highest BCUT2D eigenvalue weighted by molar-refractivity contribution is 5.90. The molecule has 14 nitrogen and oxygen atoms in total. The third-order valence-electron chi connectivity index (χ3n) is 15.8. The zero-order valence-electron chi connectivity index (χ0n) is 32.7. The minimum absolute atomic E-state index is 0.0896. The largest absolute Gasteiger partial charge is 0.481 e. The number of hydrogen-bond donors (Lipinski definition) is 6. The Kier molecular flexibility index (Phi) is 9.39. The van der Waals surface area contributed by atoms with Crippen molar-refractivity contribution in [2.75, 3.05) is 6.61 Å². The Balaban J connectivity index is 1.17. The third-order valence-corrected chi connectivity index (χ3v) is 15.8. The fraction of sp³-hybridized carbons (Fsp3) is 0.875. The van der Waals surface area contributed by atoms with E-state index >= 15 is 0 Å². The zero-order valence-corrected chi connectivity index (χ0v) is 32.7. The fourth-order valence-corrected chi connectivity index (χ4v) is 13.4. The Morgan fingerprint density at radius 3 is 2.39 bits per heavy atom. The molecule has 7 aliphatic rings. The molecule has 7 rings (SSSR count). The van der Waals surface area contributed by atoms with Gasteiger partial charge in [0.05, 0.1) is 18.3 Å². The number of allylic oxidation sites excluding steroid dienone is 1. The van der Waals surface area contributed by atoms with Gasteiger partial charge in [0.1, 0.15) is 30.8 Å². The van der Waals surface area contributed by atoms with Crippen LogP contribution in [-0.4, -0.2) is 116 Å². The molecule has 16 atom stereocenters. The Hall–Kier alpha value is -2.17. The van der Waals surface area contributed by atoms with Crippen molar-refractivity contribution in [1.29, 1.82) is 0 Å². The number of aliphatic hydroxyl groups excluding tert-OH is 3. The SMILES string of the molecule is CC(=O)O[C@H]([C@H]1C[C@@H](C)[C@H]2[C@@](O)(O1)[C@H](O)[C@@]1(C)C3=CCC4C(C)(C)[C@@H](O[C@@H]5OC[C@@H](O)[C@H](O)[C@H]5OC(=O)CC(=O)O)CC[C@@]45C[C@@]35CC[C@]21C)C(C)(C)O. The summed E-state index contributed by atoms with van der Waals surface area (Å²) >= 11 is 0. The van der Waals surface area contributed by atoms with E-state index in [1.807, 2.05) is 0 Å². The number of rotatable bonds is 8. The molecule has 304 valence electrons. The minimum Gasteiger partial charge on any atom is -0.481 e. The summed E-state index contributed by atoms with van der Waals surface area (Å²) in [7, 11) is 0. The normalized spacial score (nSPS) is 49.5. The summed E-state index contributed by atoms with van der Waals surface area (Å²) in [4.78, 5) is 35.6. The van der Waals surface area contributed by atoms with Crippen LogP contribution in [0.25, 0.3) is 0 Å². The smallest absolute Gasteiger partial charge is 0.317 e. The second kappa shape index (κ2) is 12.7. The van der Waals surface area contributed by atoms with E-state index in [2.05, 4.69) is 40.7 Å². The second-order valence-electron chi connectivity index (χ2n) is 19.4. The van der Waals surface area contributed by atoms with Gasteiger partial charge in [-0.15, -0.1) is 0 Å². The number of carboxylic acids is 1. The van der Waals surface area contributed by atoms with Crippen molar-refractivity contribution >= 4 is 17.9 Å². The lowest BCUT2D eigenvalue weighted by molar-refractivity contribution is -0.341. The van der Waals surface area contributed by atoms with Crippen molar-refractivity contribution in [3.05, 3.63) is 11.6 Å². The molecule has 2 saturated heterocycles. The summed E-state index contributed by atoms with van der Waals surface area (Å²) in [5.41, 5.74) is -2.38. The monoisotopic (exact) mass is 764 g/mol. The van der Waals surface area contributed by atoms with E-state index in [9.17, 15) is 39.9 Å². The van der Waals surface area contributed by atoms with Crippen molar-refractivity contribution in [2.24, 2.45) is 44.8 Å². The molecule has 2 spiro atoms. The van der Waals surface area contributed by atoms with Crippen LogP contribution in [0.1, 0.15) is 107 Å². The first-order valence-corrected chi connectivity index (χ1v) is 19.6. The maximum atomic E-state index is 12.6. The van der Waals surface area contributed by atoms with Crippen LogP contribution >= 0.6 is 0 Å². The van der Waals surface area contributed by atoms with Crippen LogP contribution in [0.15, 0.2) is 11.6 Å². The van der Waals surface area contributed by atoms with Gasteiger partial charge in [-0.3, -0.25) is 14.4 Å². The van der Waals surface area contributed by atoms with Crippen LogP contribution in [0.3, 0.4) is 0 Å². The number of ether oxygens (including phenoxy) is 5. The Labute approximate surface area is 316 Å². The average molecular weight is 765 g/mol. The van der Waals surface area contributed by atoms with E-state index in [4.69, 9.17) is 28.8 Å². The first-order chi connectivity index (χ1) is 24.9. The van der Waals surface area contributed by atoms with Gasteiger partial charge in [-0.25, -0.2) is 0 Å². The van der Waals surface area contributed by atoms with Crippen LogP contribution < -0.4 is 0 Å². The lowest BCUT2D eigenvalue weighted by Crippen LogP contribution is -2.61. The Morgan fingerprint density at radius 1 is 1.07 bits per heavy atom. The first-order valence-electron chi connectivity index (χ1n) is 19.6. The first kappa shape index (κ1) is 40.0. The molecule has 0 aromatic rings. The molecule has 0 radical (unpaired) electrons. The predicted octanol–water partition coefficient (Wildman–Crippen LogP) is 2.59.